The molecule has 0 aromatic carbocycles. The van der Waals surface area contributed by atoms with Gasteiger partial charge in [0.15, 0.2) is 9.84 Å². The Bertz CT molecular complexity index is 497. The first-order chi connectivity index (χ1) is 9.52. The molecule has 1 saturated carbocycles. The van der Waals surface area contributed by atoms with Gasteiger partial charge in [-0.15, -0.1) is 0 Å². The van der Waals surface area contributed by atoms with Crippen LogP contribution in [-0.2, 0) is 9.84 Å². The second-order valence-electron chi connectivity index (χ2n) is 5.51. The molecule has 20 heavy (non-hydrogen) atoms. The third-order valence-electron chi connectivity index (χ3n) is 3.97. The predicted molar refractivity (Wildman–Crippen MR) is 77.2 cm³/mol. The first-order valence-corrected chi connectivity index (χ1v) is 9.07. The third kappa shape index (κ3) is 3.84. The Kier molecular flexibility index (Phi) is 5.23. The maximum absolute atomic E-state index is 11.9. The van der Waals surface area contributed by atoms with Crippen LogP contribution in [0.3, 0.4) is 0 Å². The number of furan rings is 1. The van der Waals surface area contributed by atoms with Gasteiger partial charge in [-0.3, -0.25) is 0 Å². The Labute approximate surface area is 120 Å². The molecule has 0 aliphatic heterocycles. The van der Waals surface area contributed by atoms with Crippen LogP contribution in [0.1, 0.15) is 43.9 Å². The largest absolute Gasteiger partial charge is 0.468 e. The molecule has 2 N–H and O–H groups in total. The van der Waals surface area contributed by atoms with Gasteiger partial charge in [0.25, 0.3) is 0 Å². The molecule has 6 heteroatoms. The highest BCUT2D eigenvalue weighted by atomic mass is 32.2. The molecule has 0 radical (unpaired) electrons. The molecule has 3 atom stereocenters. The minimum atomic E-state index is -3.06. The number of aliphatic hydroxyl groups is 1. The van der Waals surface area contributed by atoms with Crippen LogP contribution in [0.15, 0.2) is 22.8 Å². The van der Waals surface area contributed by atoms with Crippen LogP contribution in [0, 0.1) is 0 Å². The van der Waals surface area contributed by atoms with Gasteiger partial charge < -0.3 is 14.8 Å². The van der Waals surface area contributed by atoms with Gasteiger partial charge in [0.05, 0.1) is 17.6 Å². The van der Waals surface area contributed by atoms with Crippen molar-refractivity contribution in [2.75, 3.05) is 12.9 Å². The molecule has 1 aromatic rings. The van der Waals surface area contributed by atoms with E-state index in [0.29, 0.717) is 12.8 Å². The lowest BCUT2D eigenvalue weighted by atomic mass is 9.93. The van der Waals surface area contributed by atoms with Crippen LogP contribution in [-0.4, -0.2) is 37.7 Å². The van der Waals surface area contributed by atoms with E-state index in [1.165, 1.54) is 6.26 Å². The van der Waals surface area contributed by atoms with Gasteiger partial charge in [0.2, 0.25) is 0 Å². The second-order valence-corrected chi connectivity index (χ2v) is 7.77. The smallest absolute Gasteiger partial charge is 0.151 e. The fourth-order valence-electron chi connectivity index (χ4n) is 2.98. The Morgan fingerprint density at radius 3 is 2.80 bits per heavy atom. The van der Waals surface area contributed by atoms with Gasteiger partial charge in [-0.1, -0.05) is 12.8 Å². The average Bonchev–Trinajstić information content (AvgIpc) is 2.91. The molecule has 2 rings (SSSR count). The first kappa shape index (κ1) is 15.5. The molecule has 0 spiro atoms. The first-order valence-electron chi connectivity index (χ1n) is 7.11. The van der Waals surface area contributed by atoms with Gasteiger partial charge in [0.1, 0.15) is 5.76 Å². The summed E-state index contributed by atoms with van der Waals surface area (Å²) in [5, 5.41) is 12.2. The van der Waals surface area contributed by atoms with Crippen LogP contribution in [0.4, 0.5) is 0 Å². The summed E-state index contributed by atoms with van der Waals surface area (Å²) in [6, 6.07) is 3.45. The van der Waals surface area contributed by atoms with Gasteiger partial charge in [-0.05, 0) is 31.4 Å². The molecule has 5 nitrogen and oxygen atoms in total. The topological polar surface area (TPSA) is 79.5 Å². The lowest BCUT2D eigenvalue weighted by Gasteiger charge is -2.33. The zero-order valence-electron chi connectivity index (χ0n) is 11.8. The van der Waals surface area contributed by atoms with Gasteiger partial charge in [-0.2, -0.15) is 0 Å². The van der Waals surface area contributed by atoms with Crippen LogP contribution in [0.2, 0.25) is 0 Å². The van der Waals surface area contributed by atoms with E-state index in [2.05, 4.69) is 5.32 Å². The van der Waals surface area contributed by atoms with Crippen molar-refractivity contribution in [1.29, 1.82) is 0 Å². The van der Waals surface area contributed by atoms with Crippen molar-refractivity contribution >= 4 is 9.84 Å². The van der Waals surface area contributed by atoms with E-state index in [9.17, 15) is 13.5 Å². The van der Waals surface area contributed by atoms with Crippen LogP contribution in [0.25, 0.3) is 0 Å². The third-order valence-corrected chi connectivity index (χ3v) is 5.64. The van der Waals surface area contributed by atoms with Crippen molar-refractivity contribution in [2.24, 2.45) is 0 Å². The Hall–Kier alpha value is -0.850. The van der Waals surface area contributed by atoms with Gasteiger partial charge in [-0.25, -0.2) is 8.42 Å². The zero-order valence-corrected chi connectivity index (χ0v) is 12.6. The number of hydrogen-bond donors (Lipinski definition) is 2. The average molecular weight is 301 g/mol. The molecule has 0 bridgehead atoms. The van der Waals surface area contributed by atoms with E-state index in [1.54, 1.807) is 12.3 Å². The molecule has 1 fully saturated rings. The van der Waals surface area contributed by atoms with E-state index in [1.807, 2.05) is 6.07 Å². The molecule has 0 saturated heterocycles. The fourth-order valence-corrected chi connectivity index (χ4v) is 4.39. The molecule has 1 aromatic heterocycles. The van der Waals surface area contributed by atoms with Gasteiger partial charge in [0, 0.05) is 18.9 Å². The van der Waals surface area contributed by atoms with Crippen molar-refractivity contribution in [3.63, 3.8) is 0 Å². The standard InChI is InChI=1S/C14H23NO4S/c1-20(17,18)14-7-3-2-5-12(14)15-11(8-9-16)13-6-4-10-19-13/h4,6,10-12,14-16H,2-3,5,7-9H2,1H3. The summed E-state index contributed by atoms with van der Waals surface area (Å²) in [6.45, 7) is 0.0363. The van der Waals surface area contributed by atoms with E-state index >= 15 is 0 Å². The van der Waals surface area contributed by atoms with Crippen molar-refractivity contribution in [3.05, 3.63) is 24.2 Å². The summed E-state index contributed by atoms with van der Waals surface area (Å²) >= 11 is 0. The van der Waals surface area contributed by atoms with Gasteiger partial charge >= 0.3 is 0 Å². The molecule has 1 aliphatic rings. The fraction of sp³-hybridized carbons (Fsp3) is 0.714. The highest BCUT2D eigenvalue weighted by Gasteiger charge is 2.34. The maximum atomic E-state index is 11.9. The highest BCUT2D eigenvalue weighted by molar-refractivity contribution is 7.91. The summed E-state index contributed by atoms with van der Waals surface area (Å²) in [4.78, 5) is 0. The number of aliphatic hydroxyl groups excluding tert-OH is 1. The Morgan fingerprint density at radius 2 is 2.20 bits per heavy atom. The molecule has 1 aliphatic carbocycles. The number of sulfone groups is 1. The van der Waals surface area contributed by atoms with Crippen molar-refractivity contribution in [1.82, 2.24) is 5.32 Å². The molecule has 1 heterocycles. The molecule has 114 valence electrons. The van der Waals surface area contributed by atoms with E-state index in [-0.39, 0.29) is 23.9 Å². The summed E-state index contributed by atoms with van der Waals surface area (Å²) < 4.78 is 29.2. The van der Waals surface area contributed by atoms with E-state index in [4.69, 9.17) is 4.42 Å². The monoisotopic (exact) mass is 301 g/mol. The lowest BCUT2D eigenvalue weighted by Crippen LogP contribution is -2.47. The number of rotatable bonds is 6. The number of nitrogens with one attached hydrogen (secondary N) is 1. The molecule has 0 amide bonds. The Balaban J connectivity index is 2.11. The van der Waals surface area contributed by atoms with E-state index in [0.717, 1.165) is 25.0 Å². The minimum Gasteiger partial charge on any atom is -0.468 e. The summed E-state index contributed by atoms with van der Waals surface area (Å²) in [5.74, 6) is 0.747. The van der Waals surface area contributed by atoms with Crippen molar-refractivity contribution < 1.29 is 17.9 Å². The summed E-state index contributed by atoms with van der Waals surface area (Å²) in [6.07, 6.45) is 6.97. The second kappa shape index (κ2) is 6.74. The minimum absolute atomic E-state index is 0.0363. The quantitative estimate of drug-likeness (QED) is 0.835. The molecule has 3 unspecified atom stereocenters. The Morgan fingerprint density at radius 1 is 1.45 bits per heavy atom. The van der Waals surface area contributed by atoms with Crippen molar-refractivity contribution in [2.45, 2.75) is 49.4 Å². The summed E-state index contributed by atoms with van der Waals surface area (Å²) in [5.41, 5.74) is 0. The predicted octanol–water partition coefficient (Wildman–Crippen LogP) is 1.65. The van der Waals surface area contributed by atoms with Crippen molar-refractivity contribution in [3.8, 4) is 0 Å². The molecular formula is C14H23NO4S. The summed E-state index contributed by atoms with van der Waals surface area (Å²) in [7, 11) is -3.06. The maximum Gasteiger partial charge on any atom is 0.151 e. The lowest BCUT2D eigenvalue weighted by molar-refractivity contribution is 0.235. The van der Waals surface area contributed by atoms with Crippen LogP contribution < -0.4 is 5.32 Å². The van der Waals surface area contributed by atoms with Crippen LogP contribution in [0.5, 0.6) is 0 Å². The normalized spacial score (nSPS) is 25.5. The van der Waals surface area contributed by atoms with E-state index < -0.39 is 9.84 Å². The SMILES string of the molecule is CS(=O)(=O)C1CCCCC1NC(CCO)c1ccco1. The highest BCUT2D eigenvalue weighted by Crippen LogP contribution is 2.27. The van der Waals surface area contributed by atoms with Crippen LogP contribution >= 0.6 is 0 Å². The number of hydrogen-bond acceptors (Lipinski definition) is 5. The zero-order chi connectivity index (χ0) is 14.6. The molecular weight excluding hydrogens is 278 g/mol.